The molecule has 3 nitrogen and oxygen atoms in total. The van der Waals surface area contributed by atoms with Gasteiger partial charge < -0.3 is 9.84 Å². The molecule has 0 aliphatic heterocycles. The van der Waals surface area contributed by atoms with Gasteiger partial charge in [0.2, 0.25) is 0 Å². The van der Waals surface area contributed by atoms with Gasteiger partial charge >= 0.3 is 5.97 Å². The molecule has 0 saturated heterocycles. The Kier molecular flexibility index (Phi) is 4.82. The second kappa shape index (κ2) is 7.37. The second-order valence-electron chi connectivity index (χ2n) is 5.58. The third-order valence-corrected chi connectivity index (χ3v) is 3.63. The zero-order valence-electron chi connectivity index (χ0n) is 13.7. The molecule has 0 bridgehead atoms. The third kappa shape index (κ3) is 4.49. The van der Waals surface area contributed by atoms with Crippen molar-refractivity contribution >= 4 is 5.97 Å². The van der Waals surface area contributed by atoms with Gasteiger partial charge in [-0.2, -0.15) is 0 Å². The van der Waals surface area contributed by atoms with E-state index in [2.05, 4.69) is 11.8 Å². The van der Waals surface area contributed by atoms with Gasteiger partial charge in [0.05, 0.1) is 0 Å². The molecule has 0 aliphatic carbocycles. The number of aryl methyl sites for hydroxylation is 1. The fourth-order valence-corrected chi connectivity index (χ4v) is 2.26. The predicted molar refractivity (Wildman–Crippen MR) is 97.2 cm³/mol. The van der Waals surface area contributed by atoms with Crippen LogP contribution < -0.4 is 4.74 Å². The fourth-order valence-electron chi connectivity index (χ4n) is 2.26. The molecular weight excluding hydrogens is 312 g/mol. The summed E-state index contributed by atoms with van der Waals surface area (Å²) < 4.78 is 5.22. The molecule has 3 aromatic carbocycles. The van der Waals surface area contributed by atoms with Crippen LogP contribution in [0.15, 0.2) is 72.8 Å². The van der Waals surface area contributed by atoms with Crippen LogP contribution in [0.1, 0.15) is 11.1 Å². The van der Waals surface area contributed by atoms with Crippen molar-refractivity contribution in [3.05, 3.63) is 83.9 Å². The maximum absolute atomic E-state index is 11.8. The zero-order chi connectivity index (χ0) is 17.6. The summed E-state index contributed by atoms with van der Waals surface area (Å²) in [5, 5.41) is 9.32. The lowest BCUT2D eigenvalue weighted by molar-refractivity contribution is -0.128. The number of carbonyl (C=O) groups is 1. The van der Waals surface area contributed by atoms with E-state index in [1.807, 2.05) is 55.5 Å². The van der Waals surface area contributed by atoms with E-state index in [9.17, 15) is 9.90 Å². The van der Waals surface area contributed by atoms with E-state index < -0.39 is 5.97 Å². The van der Waals surface area contributed by atoms with Crippen molar-refractivity contribution < 1.29 is 14.6 Å². The SMILES string of the molecule is Cc1ccc(C#CC(=O)Oc2ccc(-c3ccc(O)cc3)cc2)cc1. The molecule has 0 saturated carbocycles. The molecule has 0 spiro atoms. The minimum Gasteiger partial charge on any atom is -0.508 e. The molecule has 3 heteroatoms. The van der Waals surface area contributed by atoms with Crippen molar-refractivity contribution in [3.8, 4) is 34.5 Å². The summed E-state index contributed by atoms with van der Waals surface area (Å²) in [6.07, 6.45) is 0. The second-order valence-corrected chi connectivity index (χ2v) is 5.58. The van der Waals surface area contributed by atoms with E-state index in [1.54, 1.807) is 24.3 Å². The highest BCUT2D eigenvalue weighted by atomic mass is 16.5. The predicted octanol–water partition coefficient (Wildman–Crippen LogP) is 4.32. The van der Waals surface area contributed by atoms with Gasteiger partial charge in [0.15, 0.2) is 0 Å². The van der Waals surface area contributed by atoms with Gasteiger partial charge in [-0.3, -0.25) is 0 Å². The lowest BCUT2D eigenvalue weighted by Crippen LogP contribution is -2.04. The molecule has 1 N–H and O–H groups in total. The maximum atomic E-state index is 11.8. The van der Waals surface area contributed by atoms with Crippen molar-refractivity contribution in [2.45, 2.75) is 6.92 Å². The van der Waals surface area contributed by atoms with E-state index in [-0.39, 0.29) is 5.75 Å². The quantitative estimate of drug-likeness (QED) is 0.433. The molecule has 0 atom stereocenters. The van der Waals surface area contributed by atoms with Gasteiger partial charge in [0.25, 0.3) is 0 Å². The average molecular weight is 328 g/mol. The number of rotatable bonds is 2. The highest BCUT2D eigenvalue weighted by molar-refractivity contribution is 5.90. The number of hydrogen-bond donors (Lipinski definition) is 1. The standard InChI is InChI=1S/C22H16O3/c1-16-2-4-17(5-3-16)6-15-22(24)25-21-13-9-19(10-14-21)18-7-11-20(23)12-8-18/h2-5,7-14,23H,1H3. The van der Waals surface area contributed by atoms with Gasteiger partial charge in [0.1, 0.15) is 11.5 Å². The molecule has 0 heterocycles. The Bertz CT molecular complexity index is 926. The highest BCUT2D eigenvalue weighted by Gasteiger charge is 2.02. The van der Waals surface area contributed by atoms with Gasteiger partial charge in [-0.15, -0.1) is 0 Å². The Balaban J connectivity index is 1.66. The normalized spacial score (nSPS) is 9.80. The van der Waals surface area contributed by atoms with E-state index in [0.717, 1.165) is 22.3 Å². The lowest BCUT2D eigenvalue weighted by Gasteiger charge is -2.04. The van der Waals surface area contributed by atoms with E-state index in [4.69, 9.17) is 4.74 Å². The van der Waals surface area contributed by atoms with Crippen LogP contribution in [-0.4, -0.2) is 11.1 Å². The molecule has 0 radical (unpaired) electrons. The molecule has 0 unspecified atom stereocenters. The number of phenols is 1. The summed E-state index contributed by atoms with van der Waals surface area (Å²) in [6, 6.07) is 21.6. The summed E-state index contributed by atoms with van der Waals surface area (Å²) in [4.78, 5) is 11.8. The fraction of sp³-hybridized carbons (Fsp3) is 0.0455. The first-order chi connectivity index (χ1) is 12.1. The summed E-state index contributed by atoms with van der Waals surface area (Å²) >= 11 is 0. The number of phenolic OH excluding ortho intramolecular Hbond substituents is 1. The van der Waals surface area contributed by atoms with Crippen molar-refractivity contribution in [3.63, 3.8) is 0 Å². The Hall–Kier alpha value is -3.51. The van der Waals surface area contributed by atoms with Gasteiger partial charge in [-0.05, 0) is 54.4 Å². The number of hydrogen-bond acceptors (Lipinski definition) is 3. The summed E-state index contributed by atoms with van der Waals surface area (Å²) in [5.74, 6) is 5.33. The van der Waals surface area contributed by atoms with Crippen molar-refractivity contribution in [1.29, 1.82) is 0 Å². The van der Waals surface area contributed by atoms with Crippen molar-refractivity contribution in [2.24, 2.45) is 0 Å². The molecule has 0 aromatic heterocycles. The summed E-state index contributed by atoms with van der Waals surface area (Å²) in [5.41, 5.74) is 3.84. The van der Waals surface area contributed by atoms with Crippen molar-refractivity contribution in [1.82, 2.24) is 0 Å². The summed E-state index contributed by atoms with van der Waals surface area (Å²) in [7, 11) is 0. The Labute approximate surface area is 146 Å². The largest absolute Gasteiger partial charge is 0.508 e. The lowest BCUT2D eigenvalue weighted by atomic mass is 10.1. The molecule has 3 aromatic rings. The Morgan fingerprint density at radius 1 is 0.840 bits per heavy atom. The third-order valence-electron chi connectivity index (χ3n) is 3.63. The van der Waals surface area contributed by atoms with Crippen LogP contribution in [0.4, 0.5) is 0 Å². The molecular formula is C22H16O3. The van der Waals surface area contributed by atoms with E-state index in [0.29, 0.717) is 5.75 Å². The Morgan fingerprint density at radius 3 is 2.00 bits per heavy atom. The highest BCUT2D eigenvalue weighted by Crippen LogP contribution is 2.24. The summed E-state index contributed by atoms with van der Waals surface area (Å²) in [6.45, 7) is 1.99. The van der Waals surface area contributed by atoms with Crippen LogP contribution in [0, 0.1) is 18.8 Å². The first-order valence-electron chi connectivity index (χ1n) is 7.80. The van der Waals surface area contributed by atoms with Crippen LogP contribution in [0.25, 0.3) is 11.1 Å². The number of benzene rings is 3. The smallest absolute Gasteiger partial charge is 0.390 e. The average Bonchev–Trinajstić information content (AvgIpc) is 2.63. The number of ether oxygens (including phenoxy) is 1. The van der Waals surface area contributed by atoms with Gasteiger partial charge in [-0.25, -0.2) is 4.79 Å². The topological polar surface area (TPSA) is 46.5 Å². The number of aromatic hydroxyl groups is 1. The molecule has 0 aliphatic rings. The van der Waals surface area contributed by atoms with Crippen LogP contribution in [0.3, 0.4) is 0 Å². The monoisotopic (exact) mass is 328 g/mol. The molecule has 0 fully saturated rings. The first kappa shape index (κ1) is 16.4. The van der Waals surface area contributed by atoms with E-state index in [1.165, 1.54) is 0 Å². The molecule has 25 heavy (non-hydrogen) atoms. The van der Waals surface area contributed by atoms with Gasteiger partial charge in [0, 0.05) is 11.5 Å². The minimum absolute atomic E-state index is 0.224. The molecule has 122 valence electrons. The molecule has 0 amide bonds. The zero-order valence-corrected chi connectivity index (χ0v) is 13.7. The van der Waals surface area contributed by atoms with Crippen LogP contribution in [0.5, 0.6) is 11.5 Å². The minimum atomic E-state index is -0.599. The van der Waals surface area contributed by atoms with Crippen LogP contribution in [-0.2, 0) is 4.79 Å². The van der Waals surface area contributed by atoms with Gasteiger partial charge in [-0.1, -0.05) is 47.9 Å². The van der Waals surface area contributed by atoms with E-state index >= 15 is 0 Å². The van der Waals surface area contributed by atoms with Crippen molar-refractivity contribution in [2.75, 3.05) is 0 Å². The Morgan fingerprint density at radius 2 is 1.40 bits per heavy atom. The number of esters is 1. The van der Waals surface area contributed by atoms with Crippen LogP contribution in [0.2, 0.25) is 0 Å². The maximum Gasteiger partial charge on any atom is 0.390 e. The molecule has 3 rings (SSSR count). The number of carbonyl (C=O) groups excluding carboxylic acids is 1. The van der Waals surface area contributed by atoms with Crippen LogP contribution >= 0.6 is 0 Å². The first-order valence-corrected chi connectivity index (χ1v) is 7.80.